The molecule has 1 unspecified atom stereocenters. The second-order valence-corrected chi connectivity index (χ2v) is 9.99. The Bertz CT molecular complexity index is 1160. The molecule has 3 aromatic rings. The van der Waals surface area contributed by atoms with Gasteiger partial charge in [0.1, 0.15) is 0 Å². The van der Waals surface area contributed by atoms with Crippen LogP contribution in [0.25, 0.3) is 11.5 Å². The molecule has 0 radical (unpaired) electrons. The molecule has 1 aromatic carbocycles. The Hall–Kier alpha value is -2.99. The molecular weight excluding hydrogens is 442 g/mol. The molecule has 32 heavy (non-hydrogen) atoms. The highest BCUT2D eigenvalue weighted by molar-refractivity contribution is 7.90. The Kier molecular flexibility index (Phi) is 6.15. The maximum atomic E-state index is 12.6. The van der Waals surface area contributed by atoms with Gasteiger partial charge in [0.15, 0.2) is 0 Å². The van der Waals surface area contributed by atoms with Gasteiger partial charge < -0.3 is 9.73 Å². The van der Waals surface area contributed by atoms with Crippen LogP contribution in [0.1, 0.15) is 42.3 Å². The van der Waals surface area contributed by atoms with Gasteiger partial charge in [-0.15, -0.1) is 10.2 Å². The third-order valence-corrected chi connectivity index (χ3v) is 7.46. The summed E-state index contributed by atoms with van der Waals surface area (Å²) in [5, 5.41) is 9.71. The van der Waals surface area contributed by atoms with Crippen molar-refractivity contribution in [2.45, 2.75) is 37.5 Å². The van der Waals surface area contributed by atoms with Crippen molar-refractivity contribution >= 4 is 16.0 Å². The average Bonchev–Trinajstić information content (AvgIpc) is 3.52. The van der Waals surface area contributed by atoms with Gasteiger partial charge >= 0.3 is 6.43 Å². The van der Waals surface area contributed by atoms with Gasteiger partial charge in [0.2, 0.25) is 16.0 Å². The zero-order valence-corrected chi connectivity index (χ0v) is 18.3. The molecule has 1 fully saturated rings. The smallest absolute Gasteiger partial charge is 0.314 e. The second kappa shape index (κ2) is 8.87. The molecule has 0 aliphatic heterocycles. The summed E-state index contributed by atoms with van der Waals surface area (Å²) in [5.41, 5.74) is 2.24. The van der Waals surface area contributed by atoms with E-state index < -0.39 is 28.4 Å². The summed E-state index contributed by atoms with van der Waals surface area (Å²) in [4.78, 5) is 8.41. The van der Waals surface area contributed by atoms with E-state index in [9.17, 15) is 17.2 Å². The van der Waals surface area contributed by atoms with Gasteiger partial charge in [-0.1, -0.05) is 29.8 Å². The lowest BCUT2D eigenvalue weighted by Gasteiger charge is -2.25. The number of sulfonamides is 1. The zero-order valence-electron chi connectivity index (χ0n) is 17.4. The predicted octanol–water partition coefficient (Wildman–Crippen LogP) is 3.35. The summed E-state index contributed by atoms with van der Waals surface area (Å²) in [6.07, 6.45) is 1.24. The molecule has 1 aliphatic carbocycles. The Labute approximate surface area is 184 Å². The van der Waals surface area contributed by atoms with E-state index in [1.165, 1.54) is 16.7 Å². The Morgan fingerprint density at radius 1 is 1.16 bits per heavy atom. The first-order valence-electron chi connectivity index (χ1n) is 9.96. The van der Waals surface area contributed by atoms with E-state index in [1.54, 1.807) is 7.05 Å². The fourth-order valence-electron chi connectivity index (χ4n) is 3.12. The summed E-state index contributed by atoms with van der Waals surface area (Å²) in [6.45, 7) is 2.16. The summed E-state index contributed by atoms with van der Waals surface area (Å²) in [6, 6.07) is 7.32. The molecule has 2 aromatic heterocycles. The minimum absolute atomic E-state index is 0.114. The van der Waals surface area contributed by atoms with Crippen molar-refractivity contribution in [3.8, 4) is 11.5 Å². The van der Waals surface area contributed by atoms with Crippen molar-refractivity contribution < 1.29 is 21.6 Å². The Balaban J connectivity index is 1.54. The number of halogens is 2. The lowest BCUT2D eigenvalue weighted by molar-refractivity contribution is 0.116. The number of alkyl halides is 2. The van der Waals surface area contributed by atoms with E-state index in [0.29, 0.717) is 12.8 Å². The molecule has 0 saturated heterocycles. The van der Waals surface area contributed by atoms with E-state index in [1.807, 2.05) is 31.2 Å². The molecule has 1 aliphatic rings. The third kappa shape index (κ3) is 4.91. The number of aromatic nitrogens is 4. The maximum Gasteiger partial charge on any atom is 0.314 e. The van der Waals surface area contributed by atoms with Crippen LogP contribution in [0.15, 0.2) is 41.1 Å². The summed E-state index contributed by atoms with van der Waals surface area (Å²) in [7, 11) is -1.79. The molecular formula is C20H22F2N6O3S. The van der Waals surface area contributed by atoms with Crippen molar-refractivity contribution in [3.05, 3.63) is 53.7 Å². The van der Waals surface area contributed by atoms with E-state index in [0.717, 1.165) is 11.1 Å². The molecule has 9 nitrogen and oxygen atoms in total. The number of nitrogens with zero attached hydrogens (tertiary/aromatic N) is 5. The van der Waals surface area contributed by atoms with Crippen LogP contribution < -0.4 is 5.32 Å². The van der Waals surface area contributed by atoms with Gasteiger partial charge in [0.05, 0.1) is 16.9 Å². The number of anilines is 1. The first-order chi connectivity index (χ1) is 15.2. The molecule has 1 N–H and O–H groups in total. The fraction of sp³-hybridized carbons (Fsp3) is 0.400. The van der Waals surface area contributed by atoms with Crippen LogP contribution in [0.3, 0.4) is 0 Å². The van der Waals surface area contributed by atoms with E-state index in [4.69, 9.17) is 4.42 Å². The van der Waals surface area contributed by atoms with Crippen molar-refractivity contribution in [1.29, 1.82) is 0 Å². The first-order valence-corrected chi connectivity index (χ1v) is 11.5. The quantitative estimate of drug-likeness (QED) is 0.513. The Morgan fingerprint density at radius 3 is 2.38 bits per heavy atom. The Morgan fingerprint density at radius 2 is 1.81 bits per heavy atom. The van der Waals surface area contributed by atoms with Crippen molar-refractivity contribution in [3.63, 3.8) is 0 Å². The van der Waals surface area contributed by atoms with Crippen molar-refractivity contribution in [2.24, 2.45) is 0 Å². The summed E-state index contributed by atoms with van der Waals surface area (Å²) < 4.78 is 56.8. The van der Waals surface area contributed by atoms with Gasteiger partial charge in [-0.3, -0.25) is 0 Å². The predicted molar refractivity (Wildman–Crippen MR) is 112 cm³/mol. The van der Waals surface area contributed by atoms with E-state index in [2.05, 4.69) is 25.5 Å². The maximum absolute atomic E-state index is 12.6. The van der Waals surface area contributed by atoms with Gasteiger partial charge in [-0.2, -0.15) is 8.78 Å². The highest BCUT2D eigenvalue weighted by Gasteiger charge is 2.39. The van der Waals surface area contributed by atoms with Crippen LogP contribution in [0, 0.1) is 6.92 Å². The normalized spacial score (nSPS) is 15.3. The third-order valence-electron chi connectivity index (χ3n) is 5.13. The van der Waals surface area contributed by atoms with Crippen LogP contribution in [0.4, 0.5) is 14.7 Å². The number of rotatable bonds is 9. The van der Waals surface area contributed by atoms with Crippen molar-refractivity contribution in [2.75, 3.05) is 18.9 Å². The van der Waals surface area contributed by atoms with Crippen LogP contribution in [0.2, 0.25) is 0 Å². The minimum atomic E-state index is -3.35. The van der Waals surface area contributed by atoms with Crippen molar-refractivity contribution in [1.82, 2.24) is 24.5 Å². The van der Waals surface area contributed by atoms with Crippen LogP contribution in [-0.4, -0.2) is 51.7 Å². The number of hydrogen-bond donors (Lipinski definition) is 1. The van der Waals surface area contributed by atoms with Crippen LogP contribution >= 0.6 is 0 Å². The lowest BCUT2D eigenvalue weighted by Crippen LogP contribution is -2.36. The molecule has 0 bridgehead atoms. The summed E-state index contributed by atoms with van der Waals surface area (Å²) >= 11 is 0. The van der Waals surface area contributed by atoms with E-state index in [-0.39, 0.29) is 29.2 Å². The van der Waals surface area contributed by atoms with Crippen LogP contribution in [-0.2, 0) is 10.0 Å². The standard InChI is InChI=1S/C20H22F2N6O3S/c1-12-3-5-13(6-4-12)16(11-28(2)32(29,30)15-7-8-15)25-20-23-9-14(10-24-20)18-26-27-19(31-18)17(21)22/h3-6,9-10,15-17H,7-8,11H2,1-2H3,(H,23,24,25). The number of likely N-dealkylation sites (N-methyl/N-ethyl adjacent to an activating group) is 1. The molecule has 4 rings (SSSR count). The fourth-order valence-corrected chi connectivity index (χ4v) is 4.72. The number of nitrogens with one attached hydrogen (secondary N) is 1. The van der Waals surface area contributed by atoms with Gasteiger partial charge in [-0.05, 0) is 25.3 Å². The molecule has 2 heterocycles. The molecule has 0 spiro atoms. The average molecular weight is 464 g/mol. The highest BCUT2D eigenvalue weighted by atomic mass is 32.2. The monoisotopic (exact) mass is 464 g/mol. The number of benzene rings is 1. The summed E-state index contributed by atoms with van der Waals surface area (Å²) in [5.74, 6) is -0.649. The second-order valence-electron chi connectivity index (χ2n) is 7.67. The lowest BCUT2D eigenvalue weighted by atomic mass is 10.1. The van der Waals surface area contributed by atoms with Gasteiger partial charge in [-0.25, -0.2) is 22.7 Å². The van der Waals surface area contributed by atoms with Crippen LogP contribution in [0.5, 0.6) is 0 Å². The highest BCUT2D eigenvalue weighted by Crippen LogP contribution is 2.32. The largest absolute Gasteiger partial charge is 0.415 e. The minimum Gasteiger partial charge on any atom is -0.415 e. The SMILES string of the molecule is Cc1ccc(C(CN(C)S(=O)(=O)C2CC2)Nc2ncc(-c3nnc(C(F)F)o3)cn2)cc1. The molecule has 12 heteroatoms. The zero-order chi connectivity index (χ0) is 22.9. The first kappa shape index (κ1) is 22.2. The molecule has 170 valence electrons. The topological polar surface area (TPSA) is 114 Å². The van der Waals surface area contributed by atoms with Gasteiger partial charge in [0, 0.05) is 26.0 Å². The molecule has 1 atom stereocenters. The van der Waals surface area contributed by atoms with Gasteiger partial charge in [0.25, 0.3) is 11.8 Å². The number of aryl methyl sites for hydroxylation is 1. The molecule has 1 saturated carbocycles. The molecule has 0 amide bonds. The van der Waals surface area contributed by atoms with E-state index >= 15 is 0 Å². The number of hydrogen-bond acceptors (Lipinski definition) is 8.